The molecule has 0 saturated carbocycles. The van der Waals surface area contributed by atoms with Crippen LogP contribution in [-0.2, 0) is 21.2 Å². The van der Waals surface area contributed by atoms with Crippen molar-refractivity contribution in [3.8, 4) is 16.9 Å². The number of sulfonamides is 1. The summed E-state index contributed by atoms with van der Waals surface area (Å²) in [7, 11) is -2.18. The van der Waals surface area contributed by atoms with Gasteiger partial charge in [0.2, 0.25) is 15.9 Å². The van der Waals surface area contributed by atoms with E-state index in [1.54, 1.807) is 37.1 Å². The van der Waals surface area contributed by atoms with E-state index in [-0.39, 0.29) is 42.0 Å². The molecule has 1 N–H and O–H groups in total. The molecule has 3 aromatic rings. The second kappa shape index (κ2) is 11.5. The molecule has 37 heavy (non-hydrogen) atoms. The van der Waals surface area contributed by atoms with Crippen molar-refractivity contribution in [2.45, 2.75) is 37.3 Å². The van der Waals surface area contributed by atoms with Gasteiger partial charge in [-0.15, -0.1) is 0 Å². The predicted octanol–water partition coefficient (Wildman–Crippen LogP) is 3.82. The number of nitrogens with zero attached hydrogens (tertiary/aromatic N) is 2. The maximum atomic E-state index is 13.7. The smallest absolute Gasteiger partial charge is 0.247 e. The molecule has 0 radical (unpaired) electrons. The summed E-state index contributed by atoms with van der Waals surface area (Å²) < 4.78 is 35.1. The van der Waals surface area contributed by atoms with E-state index in [9.17, 15) is 18.3 Å². The van der Waals surface area contributed by atoms with Gasteiger partial charge in [0.1, 0.15) is 16.7 Å². The number of rotatable bonds is 7. The van der Waals surface area contributed by atoms with Gasteiger partial charge in [-0.05, 0) is 35.7 Å². The standard InChI is InChI=1S/C29H34N2O5S/c1-21-18-31(22(2)20-32)37(34,35)28-15-14-25(24-12-8-5-9-13-24)17-26(28)36-27(21)19-30(3)29(33)16-23-10-6-4-7-11-23/h4-15,17,21-22,27,32H,16,18-20H2,1-3H3/t21-,22-,27+/m1/s1. The number of likely N-dealkylation sites (N-methyl/N-ethyl adjacent to an activating group) is 1. The van der Waals surface area contributed by atoms with Crippen LogP contribution in [0.5, 0.6) is 5.75 Å². The molecule has 4 rings (SSSR count). The minimum atomic E-state index is -3.93. The molecule has 196 valence electrons. The first-order valence-electron chi connectivity index (χ1n) is 12.5. The molecular weight excluding hydrogens is 488 g/mol. The van der Waals surface area contributed by atoms with E-state index in [0.29, 0.717) is 6.54 Å². The Hall–Kier alpha value is -3.20. The minimum absolute atomic E-state index is 0.0458. The van der Waals surface area contributed by atoms with Gasteiger partial charge in [-0.2, -0.15) is 4.31 Å². The predicted molar refractivity (Wildman–Crippen MR) is 144 cm³/mol. The number of ether oxygens (including phenoxy) is 1. The maximum Gasteiger partial charge on any atom is 0.247 e. The molecule has 3 atom stereocenters. The van der Waals surface area contributed by atoms with Crippen molar-refractivity contribution in [3.63, 3.8) is 0 Å². The molecule has 1 aliphatic rings. The average molecular weight is 523 g/mol. The molecule has 7 nitrogen and oxygen atoms in total. The van der Waals surface area contributed by atoms with E-state index in [1.165, 1.54) is 4.31 Å². The van der Waals surface area contributed by atoms with Gasteiger partial charge in [-0.1, -0.05) is 73.7 Å². The summed E-state index contributed by atoms with van der Waals surface area (Å²) in [5.74, 6) is -0.0447. The summed E-state index contributed by atoms with van der Waals surface area (Å²) >= 11 is 0. The largest absolute Gasteiger partial charge is 0.487 e. The van der Waals surface area contributed by atoms with Crippen LogP contribution in [0.1, 0.15) is 19.4 Å². The zero-order chi connectivity index (χ0) is 26.6. The molecule has 3 aromatic carbocycles. The molecule has 0 spiro atoms. The first-order chi connectivity index (χ1) is 17.7. The number of carbonyl (C=O) groups is 1. The highest BCUT2D eigenvalue weighted by Crippen LogP contribution is 2.36. The fourth-order valence-corrected chi connectivity index (χ4v) is 6.36. The monoisotopic (exact) mass is 522 g/mol. The molecule has 0 unspecified atom stereocenters. The van der Waals surface area contributed by atoms with Gasteiger partial charge in [0.25, 0.3) is 0 Å². The van der Waals surface area contributed by atoms with Crippen LogP contribution in [0.2, 0.25) is 0 Å². The molecule has 0 bridgehead atoms. The fraction of sp³-hybridized carbons (Fsp3) is 0.345. The van der Waals surface area contributed by atoms with Crippen molar-refractivity contribution >= 4 is 15.9 Å². The third-order valence-electron chi connectivity index (χ3n) is 6.85. The maximum absolute atomic E-state index is 13.7. The van der Waals surface area contributed by atoms with Crippen LogP contribution in [-0.4, -0.2) is 67.5 Å². The quantitative estimate of drug-likeness (QED) is 0.510. The lowest BCUT2D eigenvalue weighted by Gasteiger charge is -2.37. The van der Waals surface area contributed by atoms with Gasteiger partial charge < -0.3 is 14.7 Å². The second-order valence-electron chi connectivity index (χ2n) is 9.70. The van der Waals surface area contributed by atoms with Crippen molar-refractivity contribution in [2.75, 3.05) is 26.7 Å². The Morgan fingerprint density at radius 2 is 1.70 bits per heavy atom. The fourth-order valence-electron chi connectivity index (χ4n) is 4.53. The Morgan fingerprint density at radius 1 is 1.05 bits per heavy atom. The van der Waals surface area contributed by atoms with Crippen molar-refractivity contribution in [1.29, 1.82) is 0 Å². The lowest BCUT2D eigenvalue weighted by Crippen LogP contribution is -2.50. The summed E-state index contributed by atoms with van der Waals surface area (Å²) in [4.78, 5) is 14.7. The average Bonchev–Trinajstić information content (AvgIpc) is 2.91. The van der Waals surface area contributed by atoms with E-state index in [1.807, 2.05) is 67.6 Å². The highest BCUT2D eigenvalue weighted by atomic mass is 32.2. The zero-order valence-electron chi connectivity index (χ0n) is 21.4. The van der Waals surface area contributed by atoms with Crippen molar-refractivity contribution in [2.24, 2.45) is 5.92 Å². The van der Waals surface area contributed by atoms with Crippen molar-refractivity contribution in [1.82, 2.24) is 9.21 Å². The number of aliphatic hydroxyl groups is 1. The van der Waals surface area contributed by atoms with E-state index in [2.05, 4.69) is 0 Å². The van der Waals surface area contributed by atoms with Crippen LogP contribution in [0.4, 0.5) is 0 Å². The molecule has 1 aliphatic heterocycles. The third-order valence-corrected chi connectivity index (χ3v) is 8.87. The lowest BCUT2D eigenvalue weighted by molar-refractivity contribution is -0.130. The zero-order valence-corrected chi connectivity index (χ0v) is 22.3. The SMILES string of the molecule is C[C@@H]1CN([C@H](C)CO)S(=O)(=O)c2ccc(-c3ccccc3)cc2O[C@H]1CN(C)C(=O)Cc1ccccc1. The number of hydrogen-bond acceptors (Lipinski definition) is 5. The first-order valence-corrected chi connectivity index (χ1v) is 13.9. The summed E-state index contributed by atoms with van der Waals surface area (Å²) in [6.45, 7) is 3.76. The van der Waals surface area contributed by atoms with Gasteiger partial charge >= 0.3 is 0 Å². The van der Waals surface area contributed by atoms with E-state index in [0.717, 1.165) is 16.7 Å². The molecule has 0 aromatic heterocycles. The Balaban J connectivity index is 1.69. The molecule has 0 saturated heterocycles. The molecule has 0 aliphatic carbocycles. The number of fused-ring (bicyclic) bond motifs is 1. The first kappa shape index (κ1) is 26.9. The summed E-state index contributed by atoms with van der Waals surface area (Å²) in [6, 6.07) is 23.7. The van der Waals surface area contributed by atoms with Crippen LogP contribution in [0.3, 0.4) is 0 Å². The Labute approximate surface area is 219 Å². The van der Waals surface area contributed by atoms with Gasteiger partial charge in [-0.25, -0.2) is 8.42 Å². The molecule has 1 heterocycles. The van der Waals surface area contributed by atoms with Gasteiger partial charge in [-0.3, -0.25) is 4.79 Å². The van der Waals surface area contributed by atoms with E-state index < -0.39 is 22.2 Å². The number of carbonyl (C=O) groups excluding carboxylic acids is 1. The summed E-state index contributed by atoms with van der Waals surface area (Å²) in [5, 5.41) is 9.84. The normalized spacial score (nSPS) is 20.1. The van der Waals surface area contributed by atoms with Crippen LogP contribution in [0.25, 0.3) is 11.1 Å². The Kier molecular flexibility index (Phi) is 8.32. The van der Waals surface area contributed by atoms with Crippen LogP contribution >= 0.6 is 0 Å². The van der Waals surface area contributed by atoms with E-state index in [4.69, 9.17) is 4.74 Å². The number of amides is 1. The summed E-state index contributed by atoms with van der Waals surface area (Å²) in [6.07, 6.45) is -0.187. The van der Waals surface area contributed by atoms with Gasteiger partial charge in [0, 0.05) is 25.6 Å². The van der Waals surface area contributed by atoms with Crippen molar-refractivity contribution < 1.29 is 23.1 Å². The van der Waals surface area contributed by atoms with E-state index >= 15 is 0 Å². The minimum Gasteiger partial charge on any atom is -0.487 e. The van der Waals surface area contributed by atoms with Crippen LogP contribution in [0.15, 0.2) is 83.8 Å². The topological polar surface area (TPSA) is 87.2 Å². The number of aliphatic hydroxyl groups excluding tert-OH is 1. The lowest BCUT2D eigenvalue weighted by atomic mass is 10.0. The Bertz CT molecular complexity index is 1310. The van der Waals surface area contributed by atoms with Crippen LogP contribution < -0.4 is 4.74 Å². The summed E-state index contributed by atoms with van der Waals surface area (Å²) in [5.41, 5.74) is 2.70. The van der Waals surface area contributed by atoms with Gasteiger partial charge in [0.05, 0.1) is 19.6 Å². The molecule has 8 heteroatoms. The Morgan fingerprint density at radius 3 is 2.35 bits per heavy atom. The van der Waals surface area contributed by atoms with Gasteiger partial charge in [0.15, 0.2) is 0 Å². The molecule has 1 amide bonds. The third kappa shape index (κ3) is 6.04. The van der Waals surface area contributed by atoms with Crippen LogP contribution in [0, 0.1) is 5.92 Å². The molecular formula is C29H34N2O5S. The van der Waals surface area contributed by atoms with Crippen molar-refractivity contribution in [3.05, 3.63) is 84.4 Å². The highest BCUT2D eigenvalue weighted by Gasteiger charge is 2.38. The molecule has 0 fully saturated rings. The highest BCUT2D eigenvalue weighted by molar-refractivity contribution is 7.89. The second-order valence-corrected chi connectivity index (χ2v) is 11.6. The number of hydrogen-bond donors (Lipinski definition) is 1. The number of benzene rings is 3.